The molecule has 0 saturated heterocycles. The average molecular weight is 452 g/mol. The molecule has 0 saturated carbocycles. The van der Waals surface area contributed by atoms with Gasteiger partial charge >= 0.3 is 11.9 Å². The predicted molar refractivity (Wildman–Crippen MR) is 125 cm³/mol. The maximum atomic E-state index is 10.4. The van der Waals surface area contributed by atoms with Crippen LogP contribution in [0, 0.1) is 0 Å². The Hall–Kier alpha value is -3.52. The smallest absolute Gasteiger partial charge is 0.414 e. The topological polar surface area (TPSA) is 107 Å². The standard InChI is InChI=1S/C24H27NO2.C2H2O4/c1-25(19-23(26)20-11-5-2-6-12-20)17-18-27-24(21-13-7-3-8-14-21)22-15-9-4-10-16-22;3-1(4)2(5)6/h2-16,23-24,26H,17-19H2,1H3;(H,3,4)(H,5,6). The zero-order valence-electron chi connectivity index (χ0n) is 18.4. The van der Waals surface area contributed by atoms with E-state index in [1.807, 2.05) is 73.8 Å². The van der Waals surface area contributed by atoms with Crippen LogP contribution < -0.4 is 0 Å². The highest BCUT2D eigenvalue weighted by molar-refractivity contribution is 6.27. The third kappa shape index (κ3) is 9.24. The molecular formula is C26H29NO6. The fourth-order valence-electron chi connectivity index (χ4n) is 3.13. The summed E-state index contributed by atoms with van der Waals surface area (Å²) in [6.45, 7) is 1.92. The minimum absolute atomic E-state index is 0.0835. The molecule has 3 rings (SSSR count). The second kappa shape index (κ2) is 13.8. The summed E-state index contributed by atoms with van der Waals surface area (Å²) in [5.41, 5.74) is 3.24. The van der Waals surface area contributed by atoms with E-state index in [1.165, 1.54) is 0 Å². The first-order chi connectivity index (χ1) is 15.9. The normalized spacial score (nSPS) is 11.5. The number of nitrogens with zero attached hydrogens (tertiary/aromatic N) is 1. The molecular weight excluding hydrogens is 422 g/mol. The van der Waals surface area contributed by atoms with Crippen molar-refractivity contribution in [3.8, 4) is 0 Å². The molecule has 7 heteroatoms. The van der Waals surface area contributed by atoms with Crippen molar-refractivity contribution in [2.45, 2.75) is 12.2 Å². The molecule has 0 spiro atoms. The zero-order valence-corrected chi connectivity index (χ0v) is 18.4. The number of carbonyl (C=O) groups is 2. The van der Waals surface area contributed by atoms with E-state index >= 15 is 0 Å². The summed E-state index contributed by atoms with van der Waals surface area (Å²) in [4.78, 5) is 20.3. The zero-order chi connectivity index (χ0) is 24.1. The number of hydrogen-bond acceptors (Lipinski definition) is 5. The van der Waals surface area contributed by atoms with E-state index in [4.69, 9.17) is 24.5 Å². The van der Waals surface area contributed by atoms with Gasteiger partial charge in [-0.25, -0.2) is 9.59 Å². The molecule has 0 fully saturated rings. The Morgan fingerprint density at radius 3 is 1.55 bits per heavy atom. The van der Waals surface area contributed by atoms with Crippen molar-refractivity contribution >= 4 is 11.9 Å². The summed E-state index contributed by atoms with van der Waals surface area (Å²) in [5, 5.41) is 25.2. The highest BCUT2D eigenvalue weighted by atomic mass is 16.5. The molecule has 0 aliphatic rings. The van der Waals surface area contributed by atoms with Gasteiger partial charge in [0.05, 0.1) is 12.7 Å². The summed E-state index contributed by atoms with van der Waals surface area (Å²) < 4.78 is 6.25. The van der Waals surface area contributed by atoms with Crippen LogP contribution in [0.2, 0.25) is 0 Å². The fourth-order valence-corrected chi connectivity index (χ4v) is 3.13. The van der Waals surface area contributed by atoms with Crippen LogP contribution in [0.25, 0.3) is 0 Å². The van der Waals surface area contributed by atoms with Crippen LogP contribution in [0.1, 0.15) is 28.9 Å². The SMILES string of the molecule is CN(CCOC(c1ccccc1)c1ccccc1)CC(O)c1ccccc1.O=C(O)C(=O)O. The Morgan fingerprint density at radius 2 is 1.15 bits per heavy atom. The van der Waals surface area contributed by atoms with Crippen LogP contribution in [0.5, 0.6) is 0 Å². The van der Waals surface area contributed by atoms with Crippen LogP contribution in [-0.4, -0.2) is 58.9 Å². The first-order valence-electron chi connectivity index (χ1n) is 10.5. The molecule has 0 heterocycles. The van der Waals surface area contributed by atoms with Crippen LogP contribution in [0.15, 0.2) is 91.0 Å². The van der Waals surface area contributed by atoms with Crippen molar-refractivity contribution in [3.05, 3.63) is 108 Å². The number of aliphatic carboxylic acids is 2. The highest BCUT2D eigenvalue weighted by Crippen LogP contribution is 2.25. The Morgan fingerprint density at radius 1 is 0.758 bits per heavy atom. The minimum atomic E-state index is -1.82. The minimum Gasteiger partial charge on any atom is -0.473 e. The van der Waals surface area contributed by atoms with E-state index < -0.39 is 18.0 Å². The Bertz CT molecular complexity index is 914. The van der Waals surface area contributed by atoms with Crippen molar-refractivity contribution < 1.29 is 29.6 Å². The maximum absolute atomic E-state index is 10.4. The molecule has 3 aromatic carbocycles. The number of aliphatic hydroxyl groups excluding tert-OH is 1. The number of carboxylic acid groups (broad SMARTS) is 2. The predicted octanol–water partition coefficient (Wildman–Crippen LogP) is 3.61. The van der Waals surface area contributed by atoms with E-state index in [0.29, 0.717) is 13.2 Å². The second-order valence-corrected chi connectivity index (χ2v) is 7.37. The van der Waals surface area contributed by atoms with Gasteiger partial charge in [0.25, 0.3) is 0 Å². The van der Waals surface area contributed by atoms with E-state index in [0.717, 1.165) is 23.2 Å². The van der Waals surface area contributed by atoms with Crippen LogP contribution in [0.3, 0.4) is 0 Å². The summed E-state index contributed by atoms with van der Waals surface area (Å²) in [6, 6.07) is 30.4. The van der Waals surface area contributed by atoms with E-state index in [-0.39, 0.29) is 6.10 Å². The number of aliphatic hydroxyl groups is 1. The molecule has 0 aliphatic carbocycles. The molecule has 174 valence electrons. The number of benzene rings is 3. The largest absolute Gasteiger partial charge is 0.473 e. The van der Waals surface area contributed by atoms with E-state index in [9.17, 15) is 5.11 Å². The molecule has 0 radical (unpaired) electrons. The number of hydrogen-bond donors (Lipinski definition) is 3. The van der Waals surface area contributed by atoms with Gasteiger partial charge in [-0.15, -0.1) is 0 Å². The number of ether oxygens (including phenoxy) is 1. The maximum Gasteiger partial charge on any atom is 0.414 e. The van der Waals surface area contributed by atoms with Crippen molar-refractivity contribution in [2.75, 3.05) is 26.7 Å². The first-order valence-corrected chi connectivity index (χ1v) is 10.5. The molecule has 33 heavy (non-hydrogen) atoms. The molecule has 3 aromatic rings. The molecule has 7 nitrogen and oxygen atoms in total. The Labute approximate surface area is 193 Å². The third-order valence-electron chi connectivity index (χ3n) is 4.81. The summed E-state index contributed by atoms with van der Waals surface area (Å²) in [7, 11) is 2.01. The van der Waals surface area contributed by atoms with Crippen molar-refractivity contribution in [1.29, 1.82) is 0 Å². The van der Waals surface area contributed by atoms with Gasteiger partial charge in [-0.3, -0.25) is 0 Å². The van der Waals surface area contributed by atoms with Crippen LogP contribution >= 0.6 is 0 Å². The van der Waals surface area contributed by atoms with E-state index in [1.54, 1.807) is 0 Å². The summed E-state index contributed by atoms with van der Waals surface area (Å²) in [6.07, 6.45) is -0.574. The highest BCUT2D eigenvalue weighted by Gasteiger charge is 2.15. The molecule has 0 aromatic heterocycles. The molecule has 1 atom stereocenters. The van der Waals surface area contributed by atoms with Crippen LogP contribution in [-0.2, 0) is 14.3 Å². The lowest BCUT2D eigenvalue weighted by Crippen LogP contribution is -2.28. The molecule has 3 N–H and O–H groups in total. The fraction of sp³-hybridized carbons (Fsp3) is 0.231. The van der Waals surface area contributed by atoms with Crippen molar-refractivity contribution in [2.24, 2.45) is 0 Å². The lowest BCUT2D eigenvalue weighted by Gasteiger charge is -2.23. The molecule has 0 bridgehead atoms. The molecule has 0 aliphatic heterocycles. The molecule has 1 unspecified atom stereocenters. The summed E-state index contributed by atoms with van der Waals surface area (Å²) >= 11 is 0. The first kappa shape index (κ1) is 25.7. The monoisotopic (exact) mass is 451 g/mol. The van der Waals surface area contributed by atoms with Gasteiger partial charge < -0.3 is 25.0 Å². The quantitative estimate of drug-likeness (QED) is 0.427. The second-order valence-electron chi connectivity index (χ2n) is 7.37. The van der Waals surface area contributed by atoms with Crippen LogP contribution in [0.4, 0.5) is 0 Å². The molecule has 0 amide bonds. The number of rotatable bonds is 9. The van der Waals surface area contributed by atoms with Gasteiger partial charge in [-0.05, 0) is 23.7 Å². The average Bonchev–Trinajstić information content (AvgIpc) is 2.84. The van der Waals surface area contributed by atoms with E-state index in [2.05, 4.69) is 29.2 Å². The number of likely N-dealkylation sites (N-methyl/N-ethyl adjacent to an activating group) is 1. The van der Waals surface area contributed by atoms with Gasteiger partial charge in [0.2, 0.25) is 0 Å². The van der Waals surface area contributed by atoms with Gasteiger partial charge in [-0.2, -0.15) is 0 Å². The third-order valence-corrected chi connectivity index (χ3v) is 4.81. The Kier molecular flexibility index (Phi) is 10.8. The van der Waals surface area contributed by atoms with Crippen molar-refractivity contribution in [3.63, 3.8) is 0 Å². The summed E-state index contributed by atoms with van der Waals surface area (Å²) in [5.74, 6) is -3.65. The lowest BCUT2D eigenvalue weighted by molar-refractivity contribution is -0.159. The number of carboxylic acids is 2. The van der Waals surface area contributed by atoms with Gasteiger partial charge in [0.15, 0.2) is 0 Å². The van der Waals surface area contributed by atoms with Gasteiger partial charge in [-0.1, -0.05) is 91.0 Å². The van der Waals surface area contributed by atoms with Gasteiger partial charge in [0, 0.05) is 13.1 Å². The lowest BCUT2D eigenvalue weighted by atomic mass is 10.0. The van der Waals surface area contributed by atoms with Gasteiger partial charge in [0.1, 0.15) is 6.10 Å². The Balaban J connectivity index is 0.000000569. The van der Waals surface area contributed by atoms with Crippen molar-refractivity contribution in [1.82, 2.24) is 4.90 Å².